The summed E-state index contributed by atoms with van der Waals surface area (Å²) in [7, 11) is 1.83. The van der Waals surface area contributed by atoms with Gasteiger partial charge in [0, 0.05) is 11.9 Å². The number of hydrogen-bond donors (Lipinski definition) is 2. The van der Waals surface area contributed by atoms with Crippen molar-refractivity contribution in [3.05, 3.63) is 46.1 Å². The van der Waals surface area contributed by atoms with E-state index in [4.69, 9.17) is 15.2 Å². The third kappa shape index (κ3) is 4.30. The van der Waals surface area contributed by atoms with E-state index in [2.05, 4.69) is 15.5 Å². The normalized spacial score (nSPS) is 16.8. The van der Waals surface area contributed by atoms with E-state index in [-0.39, 0.29) is 11.7 Å². The Morgan fingerprint density at radius 2 is 2.03 bits per heavy atom. The van der Waals surface area contributed by atoms with E-state index in [1.165, 1.54) is 23.1 Å². The molecule has 1 aliphatic carbocycles. The molecule has 3 heterocycles. The molecule has 11 heteroatoms. The lowest BCUT2D eigenvalue weighted by molar-refractivity contribution is -0.113. The van der Waals surface area contributed by atoms with Crippen molar-refractivity contribution in [2.75, 3.05) is 17.7 Å². The highest BCUT2D eigenvalue weighted by Crippen LogP contribution is 2.38. The van der Waals surface area contributed by atoms with Gasteiger partial charge in [0.1, 0.15) is 11.6 Å². The molecule has 3 aromatic rings. The van der Waals surface area contributed by atoms with Crippen LogP contribution < -0.4 is 20.5 Å². The number of ether oxygens (including phenoxy) is 2. The molecule has 1 aromatic carbocycles. The van der Waals surface area contributed by atoms with Crippen molar-refractivity contribution >= 4 is 39.9 Å². The number of primary amides is 1. The van der Waals surface area contributed by atoms with Crippen LogP contribution in [0.2, 0.25) is 0 Å². The van der Waals surface area contributed by atoms with Crippen molar-refractivity contribution in [1.29, 1.82) is 0 Å². The molecule has 0 bridgehead atoms. The monoisotopic (exact) mass is 485 g/mol. The van der Waals surface area contributed by atoms with E-state index in [0.29, 0.717) is 39.7 Å². The number of carbonyl (C=O) groups is 2. The first-order valence-corrected chi connectivity index (χ1v) is 12.5. The van der Waals surface area contributed by atoms with Gasteiger partial charge < -0.3 is 25.1 Å². The number of thiophene rings is 1. The lowest BCUT2D eigenvalue weighted by atomic mass is 9.95. The van der Waals surface area contributed by atoms with Gasteiger partial charge in [0.25, 0.3) is 5.91 Å². The Kier molecular flexibility index (Phi) is 5.98. The smallest absolute Gasteiger partial charge is 0.251 e. The predicted molar refractivity (Wildman–Crippen MR) is 125 cm³/mol. The van der Waals surface area contributed by atoms with Crippen LogP contribution in [0.1, 0.15) is 45.6 Å². The third-order valence-electron chi connectivity index (χ3n) is 5.67. The van der Waals surface area contributed by atoms with E-state index < -0.39 is 12.0 Å². The second kappa shape index (κ2) is 9.06. The Bertz CT molecular complexity index is 1220. The van der Waals surface area contributed by atoms with Crippen LogP contribution in [0.3, 0.4) is 0 Å². The summed E-state index contributed by atoms with van der Waals surface area (Å²) in [5.41, 5.74) is 7.07. The highest BCUT2D eigenvalue weighted by molar-refractivity contribution is 7.99. The van der Waals surface area contributed by atoms with Gasteiger partial charge >= 0.3 is 0 Å². The van der Waals surface area contributed by atoms with E-state index in [0.717, 1.165) is 36.1 Å². The minimum absolute atomic E-state index is 0.123. The minimum atomic E-state index is -0.494. The topological polar surface area (TPSA) is 121 Å². The molecule has 0 unspecified atom stereocenters. The Balaban J connectivity index is 1.24. The largest absolute Gasteiger partial charge is 0.485 e. The summed E-state index contributed by atoms with van der Waals surface area (Å²) >= 11 is 2.72. The number of aryl methyl sites for hydroxylation is 1. The molecule has 2 aliphatic rings. The molecule has 172 valence electrons. The molecule has 1 aliphatic heterocycles. The summed E-state index contributed by atoms with van der Waals surface area (Å²) in [6.45, 7) is 0.326. The fraction of sp³-hybridized carbons (Fsp3) is 0.364. The Labute approximate surface area is 198 Å². The molecule has 9 nitrogen and oxygen atoms in total. The fourth-order valence-corrected chi connectivity index (χ4v) is 6.12. The summed E-state index contributed by atoms with van der Waals surface area (Å²) in [4.78, 5) is 25.8. The van der Waals surface area contributed by atoms with Gasteiger partial charge in [0.05, 0.1) is 11.3 Å². The maximum absolute atomic E-state index is 12.7. The third-order valence-corrected chi connectivity index (χ3v) is 7.90. The zero-order chi connectivity index (χ0) is 22.9. The van der Waals surface area contributed by atoms with E-state index in [9.17, 15) is 9.59 Å². The summed E-state index contributed by atoms with van der Waals surface area (Å²) in [6, 6.07) is 7.48. The zero-order valence-electron chi connectivity index (χ0n) is 18.0. The van der Waals surface area contributed by atoms with Crippen LogP contribution in [0.5, 0.6) is 11.5 Å². The summed E-state index contributed by atoms with van der Waals surface area (Å²) in [5.74, 6) is 1.39. The molecular weight excluding hydrogens is 462 g/mol. The van der Waals surface area contributed by atoms with Crippen molar-refractivity contribution in [2.45, 2.75) is 36.9 Å². The number of carbonyl (C=O) groups excluding carboxylic acids is 2. The number of fused-ring (bicyclic) bond motifs is 2. The highest BCUT2D eigenvalue weighted by Gasteiger charge is 2.28. The summed E-state index contributed by atoms with van der Waals surface area (Å²) in [5, 5.41) is 12.5. The van der Waals surface area contributed by atoms with Gasteiger partial charge in [-0.15, -0.1) is 21.5 Å². The van der Waals surface area contributed by atoms with Crippen LogP contribution >= 0.6 is 23.1 Å². The van der Waals surface area contributed by atoms with Crippen LogP contribution in [-0.4, -0.2) is 38.9 Å². The van der Waals surface area contributed by atoms with Crippen molar-refractivity contribution < 1.29 is 19.1 Å². The Morgan fingerprint density at radius 1 is 1.24 bits per heavy atom. The molecule has 0 fully saturated rings. The van der Waals surface area contributed by atoms with Gasteiger partial charge in [-0.2, -0.15) is 0 Å². The number of nitrogens with one attached hydrogen (secondary N) is 1. The number of nitrogens with two attached hydrogens (primary N) is 1. The molecule has 0 spiro atoms. The fourth-order valence-electron chi connectivity index (χ4n) is 4.09. The lowest BCUT2D eigenvalue weighted by Crippen LogP contribution is -2.24. The van der Waals surface area contributed by atoms with Crippen molar-refractivity contribution in [3.63, 3.8) is 0 Å². The molecule has 1 atom stereocenters. The van der Waals surface area contributed by atoms with Crippen molar-refractivity contribution in [3.8, 4) is 11.5 Å². The van der Waals surface area contributed by atoms with E-state index >= 15 is 0 Å². The molecule has 2 aromatic heterocycles. The van der Waals surface area contributed by atoms with Crippen LogP contribution in [0.15, 0.2) is 29.4 Å². The SMILES string of the molecule is Cn1c(SCC(=O)Nc2sc3c(c2C(N)=O)CCCC3)nnc1[C@H]1COc2ccccc2O1. The van der Waals surface area contributed by atoms with Crippen LogP contribution in [-0.2, 0) is 24.7 Å². The van der Waals surface area contributed by atoms with Gasteiger partial charge in [-0.05, 0) is 43.4 Å². The van der Waals surface area contributed by atoms with Crippen molar-refractivity contribution in [1.82, 2.24) is 14.8 Å². The van der Waals surface area contributed by atoms with Gasteiger partial charge in [0.15, 0.2) is 28.6 Å². The van der Waals surface area contributed by atoms with Crippen LogP contribution in [0, 0.1) is 0 Å². The predicted octanol–water partition coefficient (Wildman–Crippen LogP) is 3.10. The number of hydrogen-bond acceptors (Lipinski definition) is 8. The molecule has 3 N–H and O–H groups in total. The number of benzene rings is 1. The maximum Gasteiger partial charge on any atom is 0.251 e. The van der Waals surface area contributed by atoms with E-state index in [1.807, 2.05) is 31.3 Å². The minimum Gasteiger partial charge on any atom is -0.485 e. The van der Waals surface area contributed by atoms with Crippen LogP contribution in [0.4, 0.5) is 5.00 Å². The van der Waals surface area contributed by atoms with Gasteiger partial charge in [-0.25, -0.2) is 0 Å². The quantitative estimate of drug-likeness (QED) is 0.515. The number of anilines is 1. The number of thioether (sulfide) groups is 1. The molecule has 5 rings (SSSR count). The standard InChI is InChI=1S/C22H23N5O4S2/c1-27-20(15-10-30-13-7-3-4-8-14(13)31-15)25-26-22(27)32-11-17(28)24-21-18(19(23)29)12-6-2-5-9-16(12)33-21/h3-4,7-8,15H,2,5-6,9-11H2,1H3,(H2,23,29)(H,24,28)/t15-/m1/s1. The zero-order valence-corrected chi connectivity index (χ0v) is 19.6. The number of para-hydroxylation sites is 2. The van der Waals surface area contributed by atoms with Gasteiger partial charge in [0.2, 0.25) is 5.91 Å². The molecule has 0 radical (unpaired) electrons. The van der Waals surface area contributed by atoms with Crippen molar-refractivity contribution in [2.24, 2.45) is 12.8 Å². The average Bonchev–Trinajstić information content (AvgIpc) is 3.37. The molecular formula is C22H23N5O4S2. The molecule has 2 amide bonds. The van der Waals surface area contributed by atoms with E-state index in [1.54, 1.807) is 4.57 Å². The summed E-state index contributed by atoms with van der Waals surface area (Å²) < 4.78 is 13.6. The average molecular weight is 486 g/mol. The number of nitrogens with zero attached hydrogens (tertiary/aromatic N) is 3. The highest BCUT2D eigenvalue weighted by atomic mass is 32.2. The first-order valence-electron chi connectivity index (χ1n) is 10.7. The summed E-state index contributed by atoms with van der Waals surface area (Å²) in [6.07, 6.45) is 3.47. The molecule has 0 saturated heterocycles. The number of aromatic nitrogens is 3. The molecule has 0 saturated carbocycles. The number of rotatable bonds is 6. The first-order chi connectivity index (χ1) is 16.0. The van der Waals surface area contributed by atoms with Gasteiger partial charge in [-0.1, -0.05) is 23.9 Å². The van der Waals surface area contributed by atoms with Crippen LogP contribution in [0.25, 0.3) is 0 Å². The van der Waals surface area contributed by atoms with Gasteiger partial charge in [-0.3, -0.25) is 9.59 Å². The second-order valence-electron chi connectivity index (χ2n) is 7.88. The molecule has 33 heavy (non-hydrogen) atoms. The maximum atomic E-state index is 12.7. The Hall–Kier alpha value is -3.05. The lowest BCUT2D eigenvalue weighted by Gasteiger charge is -2.25. The Morgan fingerprint density at radius 3 is 2.85 bits per heavy atom. The first kappa shape index (κ1) is 21.8. The number of amides is 2. The second-order valence-corrected chi connectivity index (χ2v) is 9.93.